The minimum Gasteiger partial charge on any atom is -0.481 e. The van der Waals surface area contributed by atoms with Gasteiger partial charge < -0.3 is 20.5 Å². The Bertz CT molecular complexity index is 911. The van der Waals surface area contributed by atoms with Crippen LogP contribution in [-0.2, 0) is 14.3 Å². The number of carboxylic acid groups (broad SMARTS) is 1. The van der Waals surface area contributed by atoms with E-state index >= 15 is 0 Å². The standard InChI is InChI=1S/C24H28N2O5/c1-15(2)11-12-25-23(29)21(13-22(27)28)26-24(30)31-14-20-18-9-5-3-7-16(18)17-8-4-6-10-19(17)20/h3-10,15,20-21H,11-14H2,1-2H3,(H,25,29)(H,26,30)(H,27,28). The molecule has 3 rings (SSSR count). The molecule has 7 nitrogen and oxygen atoms in total. The van der Waals surface area contributed by atoms with Crippen molar-refractivity contribution in [3.63, 3.8) is 0 Å². The highest BCUT2D eigenvalue weighted by Crippen LogP contribution is 2.44. The lowest BCUT2D eigenvalue weighted by Gasteiger charge is -2.19. The largest absolute Gasteiger partial charge is 0.481 e. The Morgan fingerprint density at radius 1 is 1.00 bits per heavy atom. The number of hydrogen-bond donors (Lipinski definition) is 3. The number of amides is 2. The van der Waals surface area contributed by atoms with Crippen LogP contribution in [0.25, 0.3) is 11.1 Å². The molecule has 2 aromatic rings. The van der Waals surface area contributed by atoms with E-state index in [0.717, 1.165) is 28.7 Å². The Morgan fingerprint density at radius 3 is 2.13 bits per heavy atom. The van der Waals surface area contributed by atoms with Crippen LogP contribution in [0.4, 0.5) is 4.79 Å². The minimum absolute atomic E-state index is 0.0919. The molecular formula is C24H28N2O5. The molecule has 3 N–H and O–H groups in total. The predicted molar refractivity (Wildman–Crippen MR) is 117 cm³/mol. The van der Waals surface area contributed by atoms with E-state index in [2.05, 4.69) is 10.6 Å². The van der Waals surface area contributed by atoms with Crippen LogP contribution in [0.15, 0.2) is 48.5 Å². The minimum atomic E-state index is -1.19. The number of rotatable bonds is 9. The summed E-state index contributed by atoms with van der Waals surface area (Å²) in [5.41, 5.74) is 4.37. The molecule has 0 saturated heterocycles. The number of carbonyl (C=O) groups excluding carboxylic acids is 2. The lowest BCUT2D eigenvalue weighted by Crippen LogP contribution is -2.48. The molecule has 0 aromatic heterocycles. The first kappa shape index (κ1) is 22.3. The summed E-state index contributed by atoms with van der Waals surface area (Å²) < 4.78 is 5.42. The molecule has 1 unspecified atom stereocenters. The molecule has 7 heteroatoms. The fraction of sp³-hybridized carbons (Fsp3) is 0.375. The van der Waals surface area contributed by atoms with Gasteiger partial charge in [-0.05, 0) is 34.6 Å². The summed E-state index contributed by atoms with van der Waals surface area (Å²) in [6.07, 6.45) is -0.569. The first-order valence-electron chi connectivity index (χ1n) is 10.5. The molecule has 2 aromatic carbocycles. The number of carboxylic acids is 1. The van der Waals surface area contributed by atoms with Gasteiger partial charge >= 0.3 is 12.1 Å². The summed E-state index contributed by atoms with van der Waals surface area (Å²) in [5.74, 6) is -1.43. The van der Waals surface area contributed by atoms with Gasteiger partial charge in [0.25, 0.3) is 0 Å². The van der Waals surface area contributed by atoms with E-state index < -0.39 is 30.4 Å². The maximum atomic E-state index is 12.4. The lowest BCUT2D eigenvalue weighted by molar-refractivity contribution is -0.139. The number of aliphatic carboxylic acids is 1. The number of carbonyl (C=O) groups is 3. The van der Waals surface area contributed by atoms with Crippen LogP contribution >= 0.6 is 0 Å². The quantitative estimate of drug-likeness (QED) is 0.571. The maximum absolute atomic E-state index is 12.4. The summed E-state index contributed by atoms with van der Waals surface area (Å²) in [6, 6.07) is 14.7. The normalized spacial score (nSPS) is 13.3. The van der Waals surface area contributed by atoms with Crippen LogP contribution in [0.1, 0.15) is 43.7 Å². The summed E-state index contributed by atoms with van der Waals surface area (Å²) in [7, 11) is 0. The van der Waals surface area contributed by atoms with Gasteiger partial charge in [0.15, 0.2) is 0 Å². The van der Waals surface area contributed by atoms with Gasteiger partial charge in [-0.3, -0.25) is 9.59 Å². The van der Waals surface area contributed by atoms with Gasteiger partial charge in [0.05, 0.1) is 6.42 Å². The number of benzene rings is 2. The zero-order valence-corrected chi connectivity index (χ0v) is 17.8. The van der Waals surface area contributed by atoms with Crippen molar-refractivity contribution in [1.29, 1.82) is 0 Å². The molecule has 0 radical (unpaired) electrons. The molecule has 1 aliphatic rings. The average molecular weight is 424 g/mol. The van der Waals surface area contributed by atoms with Gasteiger partial charge in [0.1, 0.15) is 12.6 Å². The second-order valence-corrected chi connectivity index (χ2v) is 8.09. The topological polar surface area (TPSA) is 105 Å². The van der Waals surface area contributed by atoms with Gasteiger partial charge in [0, 0.05) is 12.5 Å². The van der Waals surface area contributed by atoms with Crippen molar-refractivity contribution in [2.24, 2.45) is 5.92 Å². The van der Waals surface area contributed by atoms with Crippen LogP contribution in [0.3, 0.4) is 0 Å². The van der Waals surface area contributed by atoms with Crippen molar-refractivity contribution in [3.8, 4) is 11.1 Å². The third kappa shape index (κ3) is 5.63. The lowest BCUT2D eigenvalue weighted by atomic mass is 9.98. The zero-order valence-electron chi connectivity index (χ0n) is 17.8. The Balaban J connectivity index is 1.62. The monoisotopic (exact) mass is 424 g/mol. The number of hydrogen-bond acceptors (Lipinski definition) is 4. The van der Waals surface area contributed by atoms with Crippen LogP contribution in [0.2, 0.25) is 0 Å². The van der Waals surface area contributed by atoms with E-state index in [4.69, 9.17) is 9.84 Å². The summed E-state index contributed by atoms with van der Waals surface area (Å²) in [5, 5.41) is 14.2. The Kier molecular flexibility index (Phi) is 7.28. The number of fused-ring (bicyclic) bond motifs is 3. The smallest absolute Gasteiger partial charge is 0.407 e. The van der Waals surface area contributed by atoms with Crippen LogP contribution in [0.5, 0.6) is 0 Å². The van der Waals surface area contributed by atoms with Crippen molar-refractivity contribution in [3.05, 3.63) is 59.7 Å². The molecule has 0 bridgehead atoms. The fourth-order valence-corrected chi connectivity index (χ4v) is 3.77. The van der Waals surface area contributed by atoms with Gasteiger partial charge in [-0.15, -0.1) is 0 Å². The van der Waals surface area contributed by atoms with E-state index in [1.807, 2.05) is 62.4 Å². The molecule has 0 fully saturated rings. The second kappa shape index (κ2) is 10.1. The maximum Gasteiger partial charge on any atom is 0.407 e. The number of nitrogens with one attached hydrogen (secondary N) is 2. The van der Waals surface area contributed by atoms with Crippen LogP contribution in [0, 0.1) is 5.92 Å². The Morgan fingerprint density at radius 2 is 1.58 bits per heavy atom. The Labute approximate surface area is 181 Å². The van der Waals surface area contributed by atoms with Crippen molar-refractivity contribution in [2.45, 2.75) is 38.6 Å². The van der Waals surface area contributed by atoms with Crippen molar-refractivity contribution >= 4 is 18.0 Å². The molecule has 0 spiro atoms. The molecule has 0 aliphatic heterocycles. The molecule has 1 aliphatic carbocycles. The molecule has 31 heavy (non-hydrogen) atoms. The Hall–Kier alpha value is -3.35. The second-order valence-electron chi connectivity index (χ2n) is 8.09. The molecule has 2 amide bonds. The summed E-state index contributed by atoms with van der Waals surface area (Å²) in [4.78, 5) is 35.9. The molecule has 164 valence electrons. The predicted octanol–water partition coefficient (Wildman–Crippen LogP) is 3.53. The highest BCUT2D eigenvalue weighted by atomic mass is 16.5. The fourth-order valence-electron chi connectivity index (χ4n) is 3.77. The number of ether oxygens (including phenoxy) is 1. The highest BCUT2D eigenvalue weighted by molar-refractivity contribution is 5.89. The summed E-state index contributed by atoms with van der Waals surface area (Å²) >= 11 is 0. The molecular weight excluding hydrogens is 396 g/mol. The zero-order chi connectivity index (χ0) is 22.4. The van der Waals surface area contributed by atoms with E-state index in [1.165, 1.54) is 0 Å². The van der Waals surface area contributed by atoms with Crippen molar-refractivity contribution in [2.75, 3.05) is 13.2 Å². The molecule has 1 atom stereocenters. The van der Waals surface area contributed by atoms with E-state index in [1.54, 1.807) is 0 Å². The first-order chi connectivity index (χ1) is 14.9. The molecule has 0 saturated carbocycles. The van der Waals surface area contributed by atoms with E-state index in [9.17, 15) is 14.4 Å². The van der Waals surface area contributed by atoms with Gasteiger partial charge in [-0.25, -0.2) is 4.79 Å². The highest BCUT2D eigenvalue weighted by Gasteiger charge is 2.30. The van der Waals surface area contributed by atoms with Gasteiger partial charge in [-0.2, -0.15) is 0 Å². The molecule has 0 heterocycles. The van der Waals surface area contributed by atoms with Crippen LogP contribution < -0.4 is 10.6 Å². The third-order valence-corrected chi connectivity index (χ3v) is 5.35. The van der Waals surface area contributed by atoms with Crippen molar-refractivity contribution < 1.29 is 24.2 Å². The third-order valence-electron chi connectivity index (χ3n) is 5.35. The van der Waals surface area contributed by atoms with E-state index in [0.29, 0.717) is 12.5 Å². The van der Waals surface area contributed by atoms with Gasteiger partial charge in [0.2, 0.25) is 5.91 Å². The average Bonchev–Trinajstić information content (AvgIpc) is 3.05. The van der Waals surface area contributed by atoms with E-state index in [-0.39, 0.29) is 12.5 Å². The first-order valence-corrected chi connectivity index (χ1v) is 10.5. The SMILES string of the molecule is CC(C)CCNC(=O)C(CC(=O)O)NC(=O)OCC1c2ccccc2-c2ccccc21. The summed E-state index contributed by atoms with van der Waals surface area (Å²) in [6.45, 7) is 4.55. The van der Waals surface area contributed by atoms with Gasteiger partial charge in [-0.1, -0.05) is 62.4 Å². The number of alkyl carbamates (subject to hydrolysis) is 1. The van der Waals surface area contributed by atoms with Crippen molar-refractivity contribution in [1.82, 2.24) is 10.6 Å². The van der Waals surface area contributed by atoms with Crippen LogP contribution in [-0.4, -0.2) is 42.3 Å².